The van der Waals surface area contributed by atoms with Gasteiger partial charge in [0.05, 0.1) is 16.9 Å². The van der Waals surface area contributed by atoms with Gasteiger partial charge >= 0.3 is 0 Å². The zero-order chi connectivity index (χ0) is 16.0. The summed E-state index contributed by atoms with van der Waals surface area (Å²) in [5, 5.41) is 7.21. The number of benzene rings is 1. The van der Waals surface area contributed by atoms with Crippen molar-refractivity contribution >= 4 is 5.78 Å². The third-order valence-corrected chi connectivity index (χ3v) is 3.77. The van der Waals surface area contributed by atoms with Gasteiger partial charge in [-0.1, -0.05) is 18.2 Å². The lowest BCUT2D eigenvalue weighted by Crippen LogP contribution is -2.16. The van der Waals surface area contributed by atoms with Crippen molar-refractivity contribution in [1.29, 1.82) is 0 Å². The van der Waals surface area contributed by atoms with Crippen molar-refractivity contribution in [3.8, 4) is 16.9 Å². The maximum Gasteiger partial charge on any atom is 0.280 e. The molecule has 1 aromatic carbocycles. The van der Waals surface area contributed by atoms with Gasteiger partial charge in [0.25, 0.3) is 11.3 Å². The summed E-state index contributed by atoms with van der Waals surface area (Å²) in [5.74, 6) is 0.478. The molecule has 0 bridgehead atoms. The summed E-state index contributed by atoms with van der Waals surface area (Å²) in [4.78, 5) is 21.4. The van der Waals surface area contributed by atoms with Gasteiger partial charge < -0.3 is 0 Å². The second-order valence-electron chi connectivity index (χ2n) is 5.34. The van der Waals surface area contributed by atoms with Gasteiger partial charge in [-0.25, -0.2) is 14.2 Å². The molecule has 0 saturated heterocycles. The maximum atomic E-state index is 12.8. The number of nitrogens with one attached hydrogen (secondary N) is 1. The van der Waals surface area contributed by atoms with E-state index in [0.717, 1.165) is 17.1 Å². The van der Waals surface area contributed by atoms with E-state index in [1.807, 2.05) is 50.2 Å². The average Bonchev–Trinajstić information content (AvgIpc) is 3.13. The Labute approximate surface area is 131 Å². The van der Waals surface area contributed by atoms with Crippen LogP contribution in [0.5, 0.6) is 0 Å². The normalized spacial score (nSPS) is 11.2. The lowest BCUT2D eigenvalue weighted by molar-refractivity contribution is 0.835. The first-order chi connectivity index (χ1) is 11.1. The average molecular weight is 306 g/mol. The quantitative estimate of drug-likeness (QED) is 0.613. The van der Waals surface area contributed by atoms with Crippen molar-refractivity contribution in [1.82, 2.24) is 29.4 Å². The van der Waals surface area contributed by atoms with Gasteiger partial charge in [-0.2, -0.15) is 10.1 Å². The second kappa shape index (κ2) is 4.91. The zero-order valence-electron chi connectivity index (χ0n) is 12.7. The molecule has 0 atom stereocenters. The molecule has 23 heavy (non-hydrogen) atoms. The van der Waals surface area contributed by atoms with Crippen LogP contribution in [0.1, 0.15) is 11.4 Å². The third-order valence-electron chi connectivity index (χ3n) is 3.77. The Hall–Kier alpha value is -3.22. The predicted molar refractivity (Wildman–Crippen MR) is 85.6 cm³/mol. The Morgan fingerprint density at radius 2 is 1.91 bits per heavy atom. The topological polar surface area (TPSA) is 80.9 Å². The Bertz CT molecular complexity index is 1060. The number of para-hydroxylation sites is 1. The van der Waals surface area contributed by atoms with Gasteiger partial charge in [0.15, 0.2) is 0 Å². The molecule has 0 fully saturated rings. The van der Waals surface area contributed by atoms with Crippen molar-refractivity contribution in [2.24, 2.45) is 0 Å². The zero-order valence-corrected chi connectivity index (χ0v) is 12.7. The highest BCUT2D eigenvalue weighted by molar-refractivity contribution is 5.63. The fraction of sp³-hybridized carbons (Fsp3) is 0.125. The first kappa shape index (κ1) is 13.4. The van der Waals surface area contributed by atoms with Gasteiger partial charge in [0, 0.05) is 11.4 Å². The molecule has 0 saturated carbocycles. The van der Waals surface area contributed by atoms with Gasteiger partial charge in [-0.05, 0) is 32.0 Å². The molecule has 0 aliphatic heterocycles. The van der Waals surface area contributed by atoms with Crippen LogP contribution in [0, 0.1) is 13.8 Å². The van der Waals surface area contributed by atoms with Crippen LogP contribution >= 0.6 is 0 Å². The highest BCUT2D eigenvalue weighted by Crippen LogP contribution is 2.19. The SMILES string of the molecule is Cc1[nH]n(-c2ccccc2)c(=O)c1-c1cc(C)n2ncnc2n1. The molecule has 7 heteroatoms. The van der Waals surface area contributed by atoms with Gasteiger partial charge in [0.2, 0.25) is 0 Å². The van der Waals surface area contributed by atoms with Crippen LogP contribution < -0.4 is 5.56 Å². The van der Waals surface area contributed by atoms with Crippen LogP contribution in [-0.2, 0) is 0 Å². The minimum Gasteiger partial charge on any atom is -0.295 e. The molecule has 0 amide bonds. The molecular formula is C16H14N6O. The smallest absolute Gasteiger partial charge is 0.280 e. The lowest BCUT2D eigenvalue weighted by atomic mass is 10.1. The Morgan fingerprint density at radius 1 is 1.13 bits per heavy atom. The molecular weight excluding hydrogens is 292 g/mol. The van der Waals surface area contributed by atoms with E-state index in [2.05, 4.69) is 20.2 Å². The van der Waals surface area contributed by atoms with Gasteiger partial charge in [0.1, 0.15) is 6.33 Å². The van der Waals surface area contributed by atoms with Crippen molar-refractivity contribution in [3.63, 3.8) is 0 Å². The van der Waals surface area contributed by atoms with Crippen molar-refractivity contribution in [2.45, 2.75) is 13.8 Å². The minimum atomic E-state index is -0.135. The lowest BCUT2D eigenvalue weighted by Gasteiger charge is -2.02. The van der Waals surface area contributed by atoms with Crippen molar-refractivity contribution in [3.05, 3.63) is 64.5 Å². The van der Waals surface area contributed by atoms with Gasteiger partial charge in [-0.3, -0.25) is 9.89 Å². The first-order valence-electron chi connectivity index (χ1n) is 7.20. The van der Waals surface area contributed by atoms with E-state index in [0.29, 0.717) is 17.0 Å². The summed E-state index contributed by atoms with van der Waals surface area (Å²) in [6, 6.07) is 11.3. The highest BCUT2D eigenvalue weighted by Gasteiger charge is 2.17. The summed E-state index contributed by atoms with van der Waals surface area (Å²) in [5.41, 5.74) is 3.42. The highest BCUT2D eigenvalue weighted by atomic mass is 16.1. The summed E-state index contributed by atoms with van der Waals surface area (Å²) >= 11 is 0. The number of hydrogen-bond acceptors (Lipinski definition) is 4. The summed E-state index contributed by atoms with van der Waals surface area (Å²) in [7, 11) is 0. The number of nitrogens with zero attached hydrogens (tertiary/aromatic N) is 5. The number of hydrogen-bond donors (Lipinski definition) is 1. The standard InChI is InChI=1S/C16H14N6O/c1-10-8-13(19-16-17-9-18-21(10)16)14-11(2)20-22(15(14)23)12-6-4-3-5-7-12/h3-9,20H,1-2H3. The van der Waals surface area contributed by atoms with E-state index < -0.39 is 0 Å². The molecule has 3 heterocycles. The van der Waals surface area contributed by atoms with Crippen molar-refractivity contribution in [2.75, 3.05) is 0 Å². The van der Waals surface area contributed by atoms with E-state index in [9.17, 15) is 4.79 Å². The van der Waals surface area contributed by atoms with E-state index in [4.69, 9.17) is 0 Å². The van der Waals surface area contributed by atoms with E-state index in [1.54, 1.807) is 4.52 Å². The predicted octanol–water partition coefficient (Wildman–Crippen LogP) is 1.89. The Balaban J connectivity index is 1.95. The monoisotopic (exact) mass is 306 g/mol. The maximum absolute atomic E-state index is 12.8. The molecule has 0 radical (unpaired) electrons. The van der Waals surface area contributed by atoms with Crippen LogP contribution in [0.2, 0.25) is 0 Å². The van der Waals surface area contributed by atoms with E-state index in [-0.39, 0.29) is 5.56 Å². The molecule has 114 valence electrons. The molecule has 4 rings (SSSR count). The van der Waals surface area contributed by atoms with Crippen LogP contribution in [0.15, 0.2) is 47.5 Å². The van der Waals surface area contributed by atoms with Gasteiger partial charge in [-0.15, -0.1) is 0 Å². The number of aromatic amines is 1. The number of rotatable bonds is 2. The molecule has 3 aromatic heterocycles. The fourth-order valence-corrected chi connectivity index (χ4v) is 2.69. The molecule has 0 aliphatic carbocycles. The van der Waals surface area contributed by atoms with E-state index >= 15 is 0 Å². The van der Waals surface area contributed by atoms with Crippen molar-refractivity contribution < 1.29 is 0 Å². The second-order valence-corrected chi connectivity index (χ2v) is 5.34. The van der Waals surface area contributed by atoms with Crippen LogP contribution in [0.25, 0.3) is 22.7 Å². The van der Waals surface area contributed by atoms with Crippen LogP contribution in [-0.4, -0.2) is 29.4 Å². The summed E-state index contributed by atoms with van der Waals surface area (Å²) in [6.07, 6.45) is 1.45. The number of fused-ring (bicyclic) bond motifs is 1. The minimum absolute atomic E-state index is 0.135. The molecule has 1 N–H and O–H groups in total. The number of H-pyrrole nitrogens is 1. The van der Waals surface area contributed by atoms with Crippen LogP contribution in [0.4, 0.5) is 0 Å². The third kappa shape index (κ3) is 2.05. The number of aromatic nitrogens is 6. The largest absolute Gasteiger partial charge is 0.295 e. The Morgan fingerprint density at radius 3 is 2.70 bits per heavy atom. The molecule has 0 aliphatic rings. The fourth-order valence-electron chi connectivity index (χ4n) is 2.69. The summed E-state index contributed by atoms with van der Waals surface area (Å²) in [6.45, 7) is 3.77. The van der Waals surface area contributed by atoms with Crippen LogP contribution in [0.3, 0.4) is 0 Å². The molecule has 7 nitrogen and oxygen atoms in total. The summed E-state index contributed by atoms with van der Waals surface area (Å²) < 4.78 is 3.16. The van der Waals surface area contributed by atoms with E-state index in [1.165, 1.54) is 11.0 Å². The Kier molecular flexibility index (Phi) is 2.87. The molecule has 0 unspecified atom stereocenters. The number of aryl methyl sites for hydroxylation is 2. The first-order valence-corrected chi connectivity index (χ1v) is 7.20. The molecule has 0 spiro atoms. The molecule has 4 aromatic rings.